The van der Waals surface area contributed by atoms with Crippen LogP contribution in [0.5, 0.6) is 0 Å². The van der Waals surface area contributed by atoms with Crippen LogP contribution in [0.25, 0.3) is 0 Å². The first kappa shape index (κ1) is 7.54. The Balaban J connectivity index is 2.30. The summed E-state index contributed by atoms with van der Waals surface area (Å²) < 4.78 is 0. The summed E-state index contributed by atoms with van der Waals surface area (Å²) in [6.07, 6.45) is 4.15. The predicted molar refractivity (Wildman–Crippen MR) is 39.3 cm³/mol. The molecule has 1 aliphatic rings. The zero-order chi connectivity index (χ0) is 7.40. The highest BCUT2D eigenvalue weighted by Gasteiger charge is 2.15. The Morgan fingerprint density at radius 2 is 2.50 bits per heavy atom. The highest BCUT2D eigenvalue weighted by atomic mass is 16.1. The van der Waals surface area contributed by atoms with Gasteiger partial charge in [-0.3, -0.25) is 4.79 Å². The van der Waals surface area contributed by atoms with Crippen LogP contribution in [0.1, 0.15) is 12.8 Å². The molecule has 0 aromatic heterocycles. The van der Waals surface area contributed by atoms with Crippen LogP contribution < -0.4 is 5.32 Å². The Morgan fingerprint density at radius 3 is 3.00 bits per heavy atom. The van der Waals surface area contributed by atoms with Crippen molar-refractivity contribution in [3.8, 4) is 0 Å². The fourth-order valence-corrected chi connectivity index (χ4v) is 1.24. The normalized spacial score (nSPS) is 25.9. The molecule has 0 aromatic carbocycles. The maximum atomic E-state index is 10.2. The second kappa shape index (κ2) is 3.56. The van der Waals surface area contributed by atoms with Crippen LogP contribution in [0.2, 0.25) is 0 Å². The minimum atomic E-state index is 0.367. The van der Waals surface area contributed by atoms with Crippen molar-refractivity contribution in [1.82, 2.24) is 10.2 Å². The van der Waals surface area contributed by atoms with Crippen molar-refractivity contribution in [3.05, 3.63) is 0 Å². The third kappa shape index (κ3) is 1.70. The van der Waals surface area contributed by atoms with Gasteiger partial charge >= 0.3 is 6.41 Å². The molecule has 0 aliphatic carbocycles. The topological polar surface area (TPSA) is 32.3 Å². The summed E-state index contributed by atoms with van der Waals surface area (Å²) >= 11 is 0. The van der Waals surface area contributed by atoms with E-state index >= 15 is 0 Å². The van der Waals surface area contributed by atoms with Crippen molar-refractivity contribution in [3.63, 3.8) is 0 Å². The fourth-order valence-electron chi connectivity index (χ4n) is 1.24. The minimum Gasteiger partial charge on any atom is -0.333 e. The monoisotopic (exact) mass is 141 g/mol. The van der Waals surface area contributed by atoms with Crippen molar-refractivity contribution in [2.75, 3.05) is 20.1 Å². The summed E-state index contributed by atoms with van der Waals surface area (Å²) in [5.41, 5.74) is 0. The molecule has 57 valence electrons. The highest BCUT2D eigenvalue weighted by molar-refractivity contribution is 5.48. The Bertz CT molecular complexity index is 110. The summed E-state index contributed by atoms with van der Waals surface area (Å²) in [5, 5.41) is 3.23. The van der Waals surface area contributed by atoms with Crippen molar-refractivity contribution in [2.24, 2.45) is 0 Å². The first-order valence-electron chi connectivity index (χ1n) is 3.66. The molecular formula is C7H13N2O. The summed E-state index contributed by atoms with van der Waals surface area (Å²) in [5.74, 6) is 0. The number of likely N-dealkylation sites (N-methyl/N-ethyl adjacent to an activating group) is 1. The molecule has 1 rings (SSSR count). The molecule has 1 aliphatic heterocycles. The summed E-state index contributed by atoms with van der Waals surface area (Å²) in [6, 6.07) is 0.367. The van der Waals surface area contributed by atoms with Gasteiger partial charge in [0.05, 0.1) is 0 Å². The molecule has 1 N–H and O–H groups in total. The lowest BCUT2D eigenvalue weighted by Gasteiger charge is -2.27. The maximum Gasteiger partial charge on any atom is 0.312 e. The molecule has 10 heavy (non-hydrogen) atoms. The van der Waals surface area contributed by atoms with Gasteiger partial charge in [0, 0.05) is 19.6 Å². The Labute approximate surface area is 61.4 Å². The van der Waals surface area contributed by atoms with Gasteiger partial charge in [-0.05, 0) is 19.4 Å². The molecular weight excluding hydrogens is 128 g/mol. The van der Waals surface area contributed by atoms with Crippen molar-refractivity contribution < 1.29 is 4.79 Å². The van der Waals surface area contributed by atoms with E-state index in [2.05, 4.69) is 5.32 Å². The van der Waals surface area contributed by atoms with Gasteiger partial charge in [0.1, 0.15) is 0 Å². The lowest BCUT2D eigenvalue weighted by Crippen LogP contribution is -2.43. The average molecular weight is 141 g/mol. The van der Waals surface area contributed by atoms with Gasteiger partial charge in [-0.1, -0.05) is 0 Å². The Morgan fingerprint density at radius 1 is 1.70 bits per heavy atom. The van der Waals surface area contributed by atoms with E-state index in [9.17, 15) is 4.79 Å². The van der Waals surface area contributed by atoms with E-state index in [-0.39, 0.29) is 0 Å². The lowest BCUT2D eigenvalue weighted by atomic mass is 10.1. The molecule has 3 nitrogen and oxygen atoms in total. The molecule has 0 aromatic rings. The van der Waals surface area contributed by atoms with Gasteiger partial charge in [-0.2, -0.15) is 0 Å². The average Bonchev–Trinajstić information content (AvgIpc) is 2.05. The summed E-state index contributed by atoms with van der Waals surface area (Å²) in [7, 11) is 1.78. The largest absolute Gasteiger partial charge is 0.333 e. The van der Waals surface area contributed by atoms with E-state index in [0.29, 0.717) is 6.04 Å². The number of hydrogen-bond acceptors (Lipinski definition) is 2. The zero-order valence-corrected chi connectivity index (χ0v) is 6.26. The lowest BCUT2D eigenvalue weighted by molar-refractivity contribution is 0.281. The summed E-state index contributed by atoms with van der Waals surface area (Å²) in [4.78, 5) is 11.8. The maximum absolute atomic E-state index is 10.2. The second-order valence-electron chi connectivity index (χ2n) is 2.70. The molecule has 3 heteroatoms. The molecule has 0 bridgehead atoms. The zero-order valence-electron chi connectivity index (χ0n) is 6.26. The number of amides is 1. The highest BCUT2D eigenvalue weighted by Crippen LogP contribution is 2.05. The van der Waals surface area contributed by atoms with Crippen molar-refractivity contribution in [2.45, 2.75) is 18.9 Å². The smallest absolute Gasteiger partial charge is 0.312 e. The van der Waals surface area contributed by atoms with Gasteiger partial charge in [-0.15, -0.1) is 0 Å². The van der Waals surface area contributed by atoms with E-state index in [1.165, 1.54) is 0 Å². The quantitative estimate of drug-likeness (QED) is 0.537. The molecule has 0 spiro atoms. The van der Waals surface area contributed by atoms with Gasteiger partial charge in [0.2, 0.25) is 0 Å². The molecule has 0 unspecified atom stereocenters. The van der Waals surface area contributed by atoms with Crippen LogP contribution in [0.4, 0.5) is 0 Å². The van der Waals surface area contributed by atoms with Crippen LogP contribution in [-0.4, -0.2) is 37.5 Å². The number of rotatable bonds is 2. The first-order chi connectivity index (χ1) is 4.84. The van der Waals surface area contributed by atoms with Gasteiger partial charge in [0.15, 0.2) is 0 Å². The molecule has 1 atom stereocenters. The molecule has 1 radical (unpaired) electrons. The molecule has 1 saturated heterocycles. The first-order valence-corrected chi connectivity index (χ1v) is 3.66. The summed E-state index contributed by atoms with van der Waals surface area (Å²) in [6.45, 7) is 2.01. The molecule has 0 saturated carbocycles. The number of hydrogen-bond donors (Lipinski definition) is 1. The molecule has 1 amide bonds. The predicted octanol–water partition coefficient (Wildman–Crippen LogP) is -0.263. The van der Waals surface area contributed by atoms with Crippen LogP contribution in [-0.2, 0) is 4.79 Å². The number of nitrogens with zero attached hydrogens (tertiary/aromatic N) is 1. The van der Waals surface area contributed by atoms with Crippen LogP contribution in [0, 0.1) is 0 Å². The van der Waals surface area contributed by atoms with Crippen molar-refractivity contribution >= 4 is 6.41 Å². The van der Waals surface area contributed by atoms with Gasteiger partial charge in [-0.25, -0.2) is 0 Å². The van der Waals surface area contributed by atoms with E-state index < -0.39 is 0 Å². The third-order valence-corrected chi connectivity index (χ3v) is 1.96. The molecule has 1 fully saturated rings. The Hall–Kier alpha value is -0.570. The molecule has 1 heterocycles. The van der Waals surface area contributed by atoms with Crippen molar-refractivity contribution in [1.29, 1.82) is 0 Å². The number of nitrogens with one attached hydrogen (secondary N) is 1. The van der Waals surface area contributed by atoms with Crippen LogP contribution in [0.3, 0.4) is 0 Å². The fraction of sp³-hybridized carbons (Fsp3) is 0.857. The second-order valence-corrected chi connectivity index (χ2v) is 2.70. The minimum absolute atomic E-state index is 0.367. The van der Waals surface area contributed by atoms with Crippen LogP contribution >= 0.6 is 0 Å². The number of carbonyl (C=O) groups excluding carboxylic acids is 1. The van der Waals surface area contributed by atoms with Gasteiger partial charge in [0.25, 0.3) is 0 Å². The van der Waals surface area contributed by atoms with Crippen LogP contribution in [0.15, 0.2) is 0 Å². The SMILES string of the molecule is CN([C]=O)[C@@H]1CCCNC1. The van der Waals surface area contributed by atoms with E-state index in [1.54, 1.807) is 11.9 Å². The number of piperidine rings is 1. The standard InChI is InChI=1S/C7H13N2O/c1-9(6-10)7-3-2-4-8-5-7/h7-8H,2-5H2,1H3/t7-/m1/s1. The van der Waals surface area contributed by atoms with E-state index in [4.69, 9.17) is 0 Å². The van der Waals surface area contributed by atoms with E-state index in [1.807, 2.05) is 6.41 Å². The van der Waals surface area contributed by atoms with Gasteiger partial charge < -0.3 is 10.2 Å². The third-order valence-electron chi connectivity index (χ3n) is 1.96. The Kier molecular flexibility index (Phi) is 2.68. The van der Waals surface area contributed by atoms with E-state index in [0.717, 1.165) is 25.9 Å².